The molecule has 8 heteroatoms. The number of hydrogen-bond acceptors (Lipinski definition) is 5. The average molecular weight is 431 g/mol. The third-order valence-electron chi connectivity index (χ3n) is 6.50. The molecule has 0 saturated heterocycles. The first-order valence-electron chi connectivity index (χ1n) is 11.2. The molecule has 1 aliphatic rings. The topological polar surface area (TPSA) is 119 Å². The maximum absolute atomic E-state index is 13.7. The number of hydrogen-bond donors (Lipinski definition) is 3. The van der Waals surface area contributed by atoms with Crippen molar-refractivity contribution in [2.45, 2.75) is 46.6 Å². The molecule has 0 bridgehead atoms. The molecule has 0 spiro atoms. The number of aromatic nitrogens is 2. The Hall–Kier alpha value is -2.45. The van der Waals surface area contributed by atoms with E-state index in [-0.39, 0.29) is 49.9 Å². The third kappa shape index (κ3) is 4.60. The van der Waals surface area contributed by atoms with E-state index in [1.54, 1.807) is 18.2 Å². The van der Waals surface area contributed by atoms with Gasteiger partial charge < -0.3 is 16.2 Å². The van der Waals surface area contributed by atoms with Crippen LogP contribution in [0, 0.1) is 23.7 Å². The molecule has 1 aromatic carbocycles. The minimum atomic E-state index is -0.404. The Balaban J connectivity index is 2.09. The van der Waals surface area contributed by atoms with Crippen LogP contribution in [0.2, 0.25) is 0 Å². The van der Waals surface area contributed by atoms with E-state index in [2.05, 4.69) is 26.1 Å². The summed E-state index contributed by atoms with van der Waals surface area (Å²) < 4.78 is 2.77. The lowest BCUT2D eigenvalue weighted by Crippen LogP contribution is -2.40. The van der Waals surface area contributed by atoms with Gasteiger partial charge >= 0.3 is 5.69 Å². The van der Waals surface area contributed by atoms with Gasteiger partial charge in [-0.25, -0.2) is 9.36 Å². The molecule has 1 aromatic heterocycles. The molecule has 1 fully saturated rings. The predicted octanol–water partition coefficient (Wildman–Crippen LogP) is 1.83. The molecule has 3 atom stereocenters. The zero-order valence-corrected chi connectivity index (χ0v) is 18.6. The van der Waals surface area contributed by atoms with Crippen LogP contribution in [0.1, 0.15) is 55.2 Å². The number of rotatable bonds is 7. The van der Waals surface area contributed by atoms with Gasteiger partial charge in [0.1, 0.15) is 0 Å². The van der Waals surface area contributed by atoms with Gasteiger partial charge in [-0.15, -0.1) is 0 Å². The largest absolute Gasteiger partial charge is 0.395 e. The van der Waals surface area contributed by atoms with Crippen LogP contribution in [0.5, 0.6) is 0 Å². The molecule has 1 aliphatic carbocycles. The number of amides is 1. The van der Waals surface area contributed by atoms with Crippen LogP contribution in [0.4, 0.5) is 0 Å². The Kier molecular flexibility index (Phi) is 7.33. The first-order chi connectivity index (χ1) is 14.8. The quantitative estimate of drug-likeness (QED) is 0.619. The summed E-state index contributed by atoms with van der Waals surface area (Å²) in [5.41, 5.74) is 6.71. The first-order valence-corrected chi connectivity index (χ1v) is 11.2. The number of nitrogens with two attached hydrogens (primary N) is 1. The minimum absolute atomic E-state index is 0.141. The zero-order chi connectivity index (χ0) is 22.7. The molecule has 0 unspecified atom stereocenters. The molecule has 2 aromatic rings. The molecular formula is C23H34N4O4. The van der Waals surface area contributed by atoms with E-state index in [1.807, 2.05) is 0 Å². The van der Waals surface area contributed by atoms with Crippen molar-refractivity contribution in [3.05, 3.63) is 34.2 Å². The van der Waals surface area contributed by atoms with Crippen molar-refractivity contribution in [2.75, 3.05) is 19.7 Å². The third-order valence-corrected chi connectivity index (χ3v) is 6.50. The minimum Gasteiger partial charge on any atom is -0.395 e. The van der Waals surface area contributed by atoms with Crippen molar-refractivity contribution < 1.29 is 14.7 Å². The maximum atomic E-state index is 13.7. The summed E-state index contributed by atoms with van der Waals surface area (Å²) in [7, 11) is 0. The first kappa shape index (κ1) is 23.2. The van der Waals surface area contributed by atoms with Gasteiger partial charge in [0.2, 0.25) is 5.91 Å². The molecule has 1 saturated carbocycles. The number of aliphatic hydroxyl groups excluding tert-OH is 1. The Bertz CT molecular complexity index is 1010. The van der Waals surface area contributed by atoms with E-state index in [1.165, 1.54) is 9.13 Å². The van der Waals surface area contributed by atoms with Crippen LogP contribution in [-0.2, 0) is 6.54 Å². The number of carbonyl (C=O) groups is 2. The van der Waals surface area contributed by atoms with Crippen molar-refractivity contribution in [1.29, 1.82) is 0 Å². The molecule has 0 radical (unpaired) electrons. The summed E-state index contributed by atoms with van der Waals surface area (Å²) in [6.07, 6.45) is 2.86. The Morgan fingerprint density at radius 1 is 1.26 bits per heavy atom. The van der Waals surface area contributed by atoms with Crippen molar-refractivity contribution >= 4 is 22.8 Å². The van der Waals surface area contributed by atoms with Gasteiger partial charge in [-0.05, 0) is 48.8 Å². The number of imidazole rings is 1. The smallest absolute Gasteiger partial charge is 0.336 e. The number of aliphatic hydroxyl groups is 1. The van der Waals surface area contributed by atoms with E-state index in [0.717, 1.165) is 19.3 Å². The number of fused-ring (bicyclic) bond motifs is 1. The monoisotopic (exact) mass is 430 g/mol. The van der Waals surface area contributed by atoms with Crippen molar-refractivity contribution in [2.24, 2.45) is 29.4 Å². The van der Waals surface area contributed by atoms with E-state index in [9.17, 15) is 14.4 Å². The molecule has 170 valence electrons. The Morgan fingerprint density at radius 3 is 2.65 bits per heavy atom. The number of benzene rings is 1. The van der Waals surface area contributed by atoms with Crippen molar-refractivity contribution in [1.82, 2.24) is 14.5 Å². The van der Waals surface area contributed by atoms with Crippen molar-refractivity contribution in [3.8, 4) is 0 Å². The molecular weight excluding hydrogens is 396 g/mol. The second-order valence-electron chi connectivity index (χ2n) is 9.01. The second kappa shape index (κ2) is 9.78. The van der Waals surface area contributed by atoms with E-state index >= 15 is 0 Å². The predicted molar refractivity (Wildman–Crippen MR) is 120 cm³/mol. The standard InChI is InChI=1S/C23H34N4O4/c1-14(2)17-6-4-15(3)12-18(17)22(30)27-19-7-5-16(21(29)25-9-11-28)13-20(19)26(10-8-24)23(27)31/h5,7,13-15,17-18,28H,4,6,8-12,24H2,1-3H3,(H,25,29)/t15-,17+,18-/m1/s1. The second-order valence-corrected chi connectivity index (χ2v) is 9.01. The summed E-state index contributed by atoms with van der Waals surface area (Å²) >= 11 is 0. The molecule has 0 aliphatic heterocycles. The molecule has 1 heterocycles. The average Bonchev–Trinajstić information content (AvgIpc) is 3.02. The van der Waals surface area contributed by atoms with Gasteiger partial charge in [0.25, 0.3) is 5.91 Å². The van der Waals surface area contributed by atoms with Crippen LogP contribution in [0.25, 0.3) is 11.0 Å². The van der Waals surface area contributed by atoms with Crippen molar-refractivity contribution in [3.63, 3.8) is 0 Å². The van der Waals surface area contributed by atoms with Gasteiger partial charge in [0.05, 0.1) is 17.6 Å². The fourth-order valence-corrected chi connectivity index (χ4v) is 4.88. The van der Waals surface area contributed by atoms with Gasteiger partial charge in [-0.3, -0.25) is 14.2 Å². The van der Waals surface area contributed by atoms with Gasteiger partial charge in [0, 0.05) is 31.1 Å². The van der Waals surface area contributed by atoms with Crippen LogP contribution in [0.15, 0.2) is 23.0 Å². The number of nitrogens with one attached hydrogen (secondary N) is 1. The van der Waals surface area contributed by atoms with Crippen LogP contribution < -0.4 is 16.7 Å². The van der Waals surface area contributed by atoms with E-state index in [4.69, 9.17) is 10.8 Å². The molecule has 4 N–H and O–H groups in total. The van der Waals surface area contributed by atoms with E-state index < -0.39 is 5.69 Å². The number of carbonyl (C=O) groups excluding carboxylic acids is 2. The van der Waals surface area contributed by atoms with Gasteiger partial charge in [0.15, 0.2) is 0 Å². The molecule has 31 heavy (non-hydrogen) atoms. The molecule has 3 rings (SSSR count). The maximum Gasteiger partial charge on any atom is 0.336 e. The fraction of sp³-hybridized carbons (Fsp3) is 0.609. The summed E-state index contributed by atoms with van der Waals surface area (Å²) in [4.78, 5) is 39.3. The zero-order valence-electron chi connectivity index (χ0n) is 18.6. The highest BCUT2D eigenvalue weighted by Gasteiger charge is 2.37. The van der Waals surface area contributed by atoms with Crippen LogP contribution >= 0.6 is 0 Å². The summed E-state index contributed by atoms with van der Waals surface area (Å²) in [5, 5.41) is 11.5. The lowest BCUT2D eigenvalue weighted by Gasteiger charge is -2.36. The fourth-order valence-electron chi connectivity index (χ4n) is 4.88. The normalized spacial score (nSPS) is 21.5. The van der Waals surface area contributed by atoms with Gasteiger partial charge in [-0.2, -0.15) is 0 Å². The Morgan fingerprint density at radius 2 is 2.00 bits per heavy atom. The lowest BCUT2D eigenvalue weighted by molar-refractivity contribution is 0.0633. The molecule has 1 amide bonds. The number of nitrogens with zero attached hydrogens (tertiary/aromatic N) is 2. The summed E-state index contributed by atoms with van der Waals surface area (Å²) in [6.45, 7) is 6.91. The van der Waals surface area contributed by atoms with Crippen LogP contribution in [0.3, 0.4) is 0 Å². The van der Waals surface area contributed by atoms with E-state index in [0.29, 0.717) is 28.4 Å². The summed E-state index contributed by atoms with van der Waals surface area (Å²) in [6, 6.07) is 4.88. The molecule has 8 nitrogen and oxygen atoms in total. The summed E-state index contributed by atoms with van der Waals surface area (Å²) in [5.74, 6) is 0.337. The SMILES string of the molecule is CC(C)[C@@H]1CC[C@@H](C)C[C@H]1C(=O)n1c(=O)n(CCN)c2cc(C(=O)NCCO)ccc21. The Labute approximate surface area is 182 Å². The lowest BCUT2D eigenvalue weighted by atomic mass is 9.69. The van der Waals surface area contributed by atoms with Gasteiger partial charge in [-0.1, -0.05) is 27.2 Å². The highest BCUT2D eigenvalue weighted by molar-refractivity contribution is 5.99. The highest BCUT2D eigenvalue weighted by Crippen LogP contribution is 2.39. The highest BCUT2D eigenvalue weighted by atomic mass is 16.3. The van der Waals surface area contributed by atoms with Crippen LogP contribution in [-0.4, -0.2) is 45.8 Å².